The van der Waals surface area contributed by atoms with Crippen LogP contribution in [0.1, 0.15) is 39.3 Å². The van der Waals surface area contributed by atoms with Gasteiger partial charge in [-0.2, -0.15) is 0 Å². The summed E-state index contributed by atoms with van der Waals surface area (Å²) < 4.78 is 10.8. The Kier molecular flexibility index (Phi) is 4.63. The van der Waals surface area contributed by atoms with Crippen molar-refractivity contribution < 1.29 is 19.1 Å². The molecule has 0 aromatic heterocycles. The summed E-state index contributed by atoms with van der Waals surface area (Å²) in [6, 6.07) is 6.25. The van der Waals surface area contributed by atoms with Crippen molar-refractivity contribution in [2.75, 3.05) is 7.11 Å². The first-order valence-corrected chi connectivity index (χ1v) is 7.37. The van der Waals surface area contributed by atoms with Gasteiger partial charge in [-0.25, -0.2) is 9.59 Å². The second kappa shape index (κ2) is 6.32. The van der Waals surface area contributed by atoms with E-state index < -0.39 is 17.6 Å². The van der Waals surface area contributed by atoms with E-state index in [9.17, 15) is 9.59 Å². The van der Waals surface area contributed by atoms with Gasteiger partial charge in [-0.3, -0.25) is 0 Å². The van der Waals surface area contributed by atoms with Crippen molar-refractivity contribution in [1.82, 2.24) is 10.6 Å². The van der Waals surface area contributed by atoms with Crippen LogP contribution in [0, 0.1) is 0 Å². The van der Waals surface area contributed by atoms with Crippen molar-refractivity contribution in [3.8, 4) is 5.75 Å². The van der Waals surface area contributed by atoms with E-state index in [2.05, 4.69) is 10.6 Å². The van der Waals surface area contributed by atoms with Gasteiger partial charge in [-0.05, 0) is 33.8 Å². The van der Waals surface area contributed by atoms with Gasteiger partial charge in [-0.1, -0.05) is 18.2 Å². The minimum atomic E-state index is -0.630. The van der Waals surface area contributed by atoms with Gasteiger partial charge in [0.25, 0.3) is 0 Å². The van der Waals surface area contributed by atoms with E-state index in [-0.39, 0.29) is 6.03 Å². The fraction of sp³-hybridized carbons (Fsp3) is 0.412. The van der Waals surface area contributed by atoms with Gasteiger partial charge < -0.3 is 20.1 Å². The predicted octanol–water partition coefficient (Wildman–Crippen LogP) is 2.66. The maximum atomic E-state index is 12.6. The van der Waals surface area contributed by atoms with Gasteiger partial charge in [0, 0.05) is 11.3 Å². The number of methoxy groups -OCH3 is 1. The molecule has 23 heavy (non-hydrogen) atoms. The molecule has 0 radical (unpaired) electrons. The number of allylic oxidation sites excluding steroid dienone is 1. The molecule has 124 valence electrons. The number of hydrogen-bond acceptors (Lipinski definition) is 4. The molecule has 0 aliphatic carbocycles. The molecule has 0 bridgehead atoms. The van der Waals surface area contributed by atoms with Crippen LogP contribution in [0.2, 0.25) is 0 Å². The number of carbonyl (C=O) groups is 2. The fourth-order valence-electron chi connectivity index (χ4n) is 2.44. The summed E-state index contributed by atoms with van der Waals surface area (Å²) in [5.74, 6) is 0.118. The second-order valence-electron chi connectivity index (χ2n) is 6.31. The molecule has 0 fully saturated rings. The monoisotopic (exact) mass is 318 g/mol. The zero-order chi connectivity index (χ0) is 17.2. The van der Waals surface area contributed by atoms with Gasteiger partial charge in [0.05, 0.1) is 18.7 Å². The van der Waals surface area contributed by atoms with Crippen molar-refractivity contribution in [1.29, 1.82) is 0 Å². The first-order valence-electron chi connectivity index (χ1n) is 7.37. The molecule has 6 heteroatoms. The van der Waals surface area contributed by atoms with Crippen LogP contribution in [0.25, 0.3) is 0 Å². The third-order valence-corrected chi connectivity index (χ3v) is 3.34. The number of hydrogen-bond donors (Lipinski definition) is 2. The Labute approximate surface area is 135 Å². The lowest BCUT2D eigenvalue weighted by molar-refractivity contribution is -0.150. The SMILES string of the molecule is COc1ccccc1C1NC(=O)NC(C)=C1C(=O)OC(C)(C)C. The Bertz CT molecular complexity index is 659. The quantitative estimate of drug-likeness (QED) is 0.840. The van der Waals surface area contributed by atoms with E-state index in [0.717, 1.165) is 0 Å². The summed E-state index contributed by atoms with van der Waals surface area (Å²) in [7, 11) is 1.55. The molecule has 0 saturated carbocycles. The lowest BCUT2D eigenvalue weighted by Crippen LogP contribution is -2.46. The normalized spacial score (nSPS) is 18.1. The van der Waals surface area contributed by atoms with Crippen LogP contribution in [0.4, 0.5) is 4.79 Å². The average molecular weight is 318 g/mol. The van der Waals surface area contributed by atoms with Crippen LogP contribution in [-0.2, 0) is 9.53 Å². The number of urea groups is 1. The molecule has 1 aliphatic rings. The third-order valence-electron chi connectivity index (χ3n) is 3.34. The van der Waals surface area contributed by atoms with Crippen molar-refractivity contribution >= 4 is 12.0 Å². The summed E-state index contributed by atoms with van der Waals surface area (Å²) in [6.07, 6.45) is 0. The smallest absolute Gasteiger partial charge is 0.338 e. The minimum Gasteiger partial charge on any atom is -0.496 e. The molecule has 6 nitrogen and oxygen atoms in total. The Morgan fingerprint density at radius 2 is 1.87 bits per heavy atom. The van der Waals surface area contributed by atoms with Crippen LogP contribution >= 0.6 is 0 Å². The van der Waals surface area contributed by atoms with Crippen LogP contribution in [0.3, 0.4) is 0 Å². The number of ether oxygens (including phenoxy) is 2. The highest BCUT2D eigenvalue weighted by atomic mass is 16.6. The summed E-state index contributed by atoms with van der Waals surface area (Å²) >= 11 is 0. The zero-order valence-electron chi connectivity index (χ0n) is 14.0. The van der Waals surface area contributed by atoms with Gasteiger partial charge in [0.2, 0.25) is 0 Å². The molecule has 2 N–H and O–H groups in total. The molecule has 1 atom stereocenters. The number of rotatable bonds is 3. The summed E-state index contributed by atoms with van der Waals surface area (Å²) in [4.78, 5) is 24.5. The van der Waals surface area contributed by atoms with E-state index in [4.69, 9.17) is 9.47 Å². The molecular weight excluding hydrogens is 296 g/mol. The zero-order valence-corrected chi connectivity index (χ0v) is 14.0. The third kappa shape index (κ3) is 3.83. The molecule has 0 spiro atoms. The Morgan fingerprint density at radius 1 is 1.22 bits per heavy atom. The van der Waals surface area contributed by atoms with E-state index in [1.165, 1.54) is 0 Å². The highest BCUT2D eigenvalue weighted by Gasteiger charge is 2.35. The highest BCUT2D eigenvalue weighted by Crippen LogP contribution is 2.33. The van der Waals surface area contributed by atoms with E-state index in [1.54, 1.807) is 40.9 Å². The first kappa shape index (κ1) is 16.9. The van der Waals surface area contributed by atoms with E-state index in [1.807, 2.05) is 18.2 Å². The van der Waals surface area contributed by atoms with Crippen molar-refractivity contribution in [2.45, 2.75) is 39.3 Å². The Hall–Kier alpha value is -2.50. The largest absolute Gasteiger partial charge is 0.496 e. The lowest BCUT2D eigenvalue weighted by atomic mass is 9.94. The van der Waals surface area contributed by atoms with E-state index in [0.29, 0.717) is 22.6 Å². The number of nitrogens with one attached hydrogen (secondary N) is 2. The molecule has 2 amide bonds. The fourth-order valence-corrected chi connectivity index (χ4v) is 2.44. The van der Waals surface area contributed by atoms with E-state index >= 15 is 0 Å². The minimum absolute atomic E-state index is 0.365. The van der Waals surface area contributed by atoms with Crippen molar-refractivity contribution in [3.63, 3.8) is 0 Å². The van der Waals surface area contributed by atoms with Crippen LogP contribution in [-0.4, -0.2) is 24.7 Å². The highest BCUT2D eigenvalue weighted by molar-refractivity contribution is 5.95. The molecule has 1 aliphatic heterocycles. The molecular formula is C17H22N2O4. The second-order valence-corrected chi connectivity index (χ2v) is 6.31. The standard InChI is InChI=1S/C17H22N2O4/c1-10-13(15(20)23-17(2,3)4)14(19-16(21)18-10)11-8-6-7-9-12(11)22-5/h6-9,14H,1-5H3,(H2,18,19,21). The molecule has 2 rings (SSSR count). The summed E-state index contributed by atoms with van der Waals surface area (Å²) in [5, 5.41) is 5.39. The summed E-state index contributed by atoms with van der Waals surface area (Å²) in [6.45, 7) is 7.08. The van der Waals surface area contributed by atoms with Crippen LogP contribution < -0.4 is 15.4 Å². The topological polar surface area (TPSA) is 76.7 Å². The first-order chi connectivity index (χ1) is 10.7. The Morgan fingerprint density at radius 3 is 2.48 bits per heavy atom. The molecule has 1 aromatic rings. The number of carbonyl (C=O) groups excluding carboxylic acids is 2. The summed E-state index contributed by atoms with van der Waals surface area (Å²) in [5.41, 5.74) is 0.907. The van der Waals surface area contributed by atoms with Gasteiger partial charge >= 0.3 is 12.0 Å². The molecule has 1 heterocycles. The predicted molar refractivity (Wildman–Crippen MR) is 85.9 cm³/mol. The van der Waals surface area contributed by atoms with Crippen molar-refractivity contribution in [2.24, 2.45) is 0 Å². The lowest BCUT2D eigenvalue weighted by Gasteiger charge is -2.30. The van der Waals surface area contributed by atoms with Crippen LogP contribution in [0.5, 0.6) is 5.75 Å². The van der Waals surface area contributed by atoms with Gasteiger partial charge in [0.15, 0.2) is 0 Å². The number of amides is 2. The van der Waals surface area contributed by atoms with Crippen molar-refractivity contribution in [3.05, 3.63) is 41.1 Å². The number of esters is 1. The van der Waals surface area contributed by atoms with Gasteiger partial charge in [0.1, 0.15) is 11.4 Å². The van der Waals surface area contributed by atoms with Crippen LogP contribution in [0.15, 0.2) is 35.5 Å². The number of para-hydroxylation sites is 1. The maximum absolute atomic E-state index is 12.6. The molecule has 0 saturated heterocycles. The molecule has 1 unspecified atom stereocenters. The maximum Gasteiger partial charge on any atom is 0.338 e. The molecule has 1 aromatic carbocycles. The Balaban J connectivity index is 2.48. The number of benzene rings is 1. The average Bonchev–Trinajstić information content (AvgIpc) is 2.44. The van der Waals surface area contributed by atoms with Gasteiger partial charge in [-0.15, -0.1) is 0 Å².